The Hall–Kier alpha value is 0.470. The molecule has 0 aromatic rings. The first-order chi connectivity index (χ1) is 6.76. The summed E-state index contributed by atoms with van der Waals surface area (Å²) >= 11 is 0. The van der Waals surface area contributed by atoms with Gasteiger partial charge in [-0.1, -0.05) is 39.5 Å². The van der Waals surface area contributed by atoms with Crippen LogP contribution in [-0.2, 0) is 9.53 Å². The van der Waals surface area contributed by atoms with E-state index in [0.717, 1.165) is 19.3 Å². The quantitative estimate of drug-likeness (QED) is 0.344. The van der Waals surface area contributed by atoms with Gasteiger partial charge in [0.1, 0.15) is 0 Å². The number of esters is 1. The summed E-state index contributed by atoms with van der Waals surface area (Å²) in [7, 11) is 0. The fraction of sp³-hybridized carbons (Fsp3) is 0.917. The zero-order chi connectivity index (χ0) is 10.8. The zero-order valence-electron chi connectivity index (χ0n) is 11.8. The maximum absolute atomic E-state index is 11.4. The van der Waals surface area contributed by atoms with Gasteiger partial charge in [-0.2, -0.15) is 0 Å². The molecule has 0 amide bonds. The zero-order valence-corrected chi connectivity index (χ0v) is 12.8. The van der Waals surface area contributed by atoms with E-state index >= 15 is 0 Å². The molecule has 2 nitrogen and oxygen atoms in total. The van der Waals surface area contributed by atoms with Crippen molar-refractivity contribution in [3.05, 3.63) is 0 Å². The van der Waals surface area contributed by atoms with Gasteiger partial charge in [-0.05, 0) is 19.8 Å². The van der Waals surface area contributed by atoms with Crippen molar-refractivity contribution in [2.24, 2.45) is 5.92 Å². The predicted molar refractivity (Wildman–Crippen MR) is 60.3 cm³/mol. The molecule has 3 heteroatoms. The number of ether oxygens (including phenoxy) is 1. The number of unbranched alkanes of at least 4 members (excludes halogenated alkanes) is 3. The molecule has 1 unspecified atom stereocenters. The van der Waals surface area contributed by atoms with Crippen LogP contribution in [0.4, 0.5) is 0 Å². The second-order valence-corrected chi connectivity index (χ2v) is 3.71. The summed E-state index contributed by atoms with van der Waals surface area (Å²) in [4.78, 5) is 11.4. The molecular weight excluding hydrogens is 199 g/mol. The molecule has 0 saturated carbocycles. The molecule has 0 aromatic heterocycles. The fourth-order valence-electron chi connectivity index (χ4n) is 1.57. The molecule has 0 aliphatic heterocycles. The summed E-state index contributed by atoms with van der Waals surface area (Å²) in [5.41, 5.74) is 0. The van der Waals surface area contributed by atoms with Crippen molar-refractivity contribution in [1.29, 1.82) is 0 Å². The molecule has 0 spiro atoms. The maximum atomic E-state index is 11.4. The number of carbonyl (C=O) groups excluding carboxylic acids is 1. The van der Waals surface area contributed by atoms with E-state index < -0.39 is 0 Å². The van der Waals surface area contributed by atoms with E-state index in [-0.39, 0.29) is 42.9 Å². The smallest absolute Gasteiger partial charge is 1.00 e. The van der Waals surface area contributed by atoms with Gasteiger partial charge in [0.05, 0.1) is 12.5 Å². The van der Waals surface area contributed by atoms with Crippen LogP contribution in [0.15, 0.2) is 0 Å². The minimum atomic E-state index is -0.00787. The first kappa shape index (κ1) is 17.9. The molecule has 0 saturated heterocycles. The monoisotopic (exact) mass is 224 g/mol. The molecule has 0 aliphatic rings. The Balaban J connectivity index is -0.000000845. The van der Waals surface area contributed by atoms with Crippen LogP contribution in [0.3, 0.4) is 0 Å². The molecule has 0 aromatic carbocycles. The van der Waals surface area contributed by atoms with Crippen molar-refractivity contribution in [3.63, 3.8) is 0 Å². The third kappa shape index (κ3) is 9.40. The summed E-state index contributed by atoms with van der Waals surface area (Å²) in [5, 5.41) is 0. The summed E-state index contributed by atoms with van der Waals surface area (Å²) in [6, 6.07) is 0. The average molecular weight is 224 g/mol. The van der Waals surface area contributed by atoms with Gasteiger partial charge in [0.2, 0.25) is 0 Å². The Kier molecular flexibility index (Phi) is 14.9. The minimum absolute atomic E-state index is 0. The molecule has 0 N–H and O–H groups in total. The Morgan fingerprint density at radius 2 is 1.87 bits per heavy atom. The van der Waals surface area contributed by atoms with Gasteiger partial charge >= 0.3 is 35.5 Å². The Morgan fingerprint density at radius 1 is 1.20 bits per heavy atom. The molecule has 0 rings (SSSR count). The van der Waals surface area contributed by atoms with E-state index in [1.165, 1.54) is 19.3 Å². The fourth-order valence-corrected chi connectivity index (χ4v) is 1.57. The molecule has 86 valence electrons. The van der Waals surface area contributed by atoms with Crippen LogP contribution in [0.1, 0.15) is 60.7 Å². The van der Waals surface area contributed by atoms with E-state index in [1.54, 1.807) is 0 Å². The summed E-state index contributed by atoms with van der Waals surface area (Å²) in [6.07, 6.45) is 6.83. The topological polar surface area (TPSA) is 26.3 Å². The minimum Gasteiger partial charge on any atom is -1.00 e. The second kappa shape index (κ2) is 12.5. The SMILES string of the molecule is CCCCCCC(CC)C(=O)OCC.[H-].[Na+]. The number of hydrogen-bond donors (Lipinski definition) is 0. The van der Waals surface area contributed by atoms with Gasteiger partial charge < -0.3 is 6.16 Å². The Morgan fingerprint density at radius 3 is 2.33 bits per heavy atom. The molecule has 1 atom stereocenters. The van der Waals surface area contributed by atoms with Gasteiger partial charge in [-0.15, -0.1) is 0 Å². The standard InChI is InChI=1S/C12H24O2.Na.H/c1-4-7-8-9-10-11(5-2)12(13)14-6-3;;/h11H,4-10H2,1-3H3;;/q;+1;-1. The maximum Gasteiger partial charge on any atom is 1.00 e. The molecule has 15 heavy (non-hydrogen) atoms. The van der Waals surface area contributed by atoms with Crippen molar-refractivity contribution < 1.29 is 40.5 Å². The molecule has 0 radical (unpaired) electrons. The van der Waals surface area contributed by atoms with Crippen LogP contribution < -0.4 is 29.6 Å². The van der Waals surface area contributed by atoms with E-state index in [9.17, 15) is 4.79 Å². The van der Waals surface area contributed by atoms with Gasteiger partial charge in [-0.3, -0.25) is 4.79 Å². The Labute approximate surface area is 118 Å². The molecule has 0 heterocycles. The summed E-state index contributed by atoms with van der Waals surface area (Å²) in [5.74, 6) is 0.123. The second-order valence-electron chi connectivity index (χ2n) is 3.71. The van der Waals surface area contributed by atoms with Crippen molar-refractivity contribution >= 4 is 5.97 Å². The number of carbonyl (C=O) groups is 1. The van der Waals surface area contributed by atoms with E-state index in [2.05, 4.69) is 13.8 Å². The van der Waals surface area contributed by atoms with Crippen molar-refractivity contribution in [2.45, 2.75) is 59.3 Å². The first-order valence-electron chi connectivity index (χ1n) is 5.92. The number of rotatable bonds is 8. The molecular formula is C12H25NaO2. The number of hydrogen-bond acceptors (Lipinski definition) is 2. The molecule has 0 fully saturated rings. The van der Waals surface area contributed by atoms with E-state index in [0.29, 0.717) is 6.61 Å². The van der Waals surface area contributed by atoms with Crippen LogP contribution in [0, 0.1) is 5.92 Å². The first-order valence-corrected chi connectivity index (χ1v) is 5.92. The van der Waals surface area contributed by atoms with Crippen LogP contribution in [0.5, 0.6) is 0 Å². The molecule has 0 aliphatic carbocycles. The third-order valence-corrected chi connectivity index (χ3v) is 2.52. The summed E-state index contributed by atoms with van der Waals surface area (Å²) in [6.45, 7) is 6.62. The average Bonchev–Trinajstić information content (AvgIpc) is 2.18. The Bertz CT molecular complexity index is 154. The van der Waals surface area contributed by atoms with E-state index in [4.69, 9.17) is 4.74 Å². The van der Waals surface area contributed by atoms with Crippen LogP contribution >= 0.6 is 0 Å². The van der Waals surface area contributed by atoms with Gasteiger partial charge in [-0.25, -0.2) is 0 Å². The van der Waals surface area contributed by atoms with Crippen molar-refractivity contribution in [3.8, 4) is 0 Å². The normalized spacial score (nSPS) is 11.7. The van der Waals surface area contributed by atoms with Crippen LogP contribution in [0.25, 0.3) is 0 Å². The van der Waals surface area contributed by atoms with Crippen LogP contribution in [-0.4, -0.2) is 12.6 Å². The van der Waals surface area contributed by atoms with Crippen molar-refractivity contribution in [2.75, 3.05) is 6.61 Å². The van der Waals surface area contributed by atoms with Crippen molar-refractivity contribution in [1.82, 2.24) is 0 Å². The largest absolute Gasteiger partial charge is 1.00 e. The summed E-state index contributed by atoms with van der Waals surface area (Å²) < 4.78 is 5.01. The van der Waals surface area contributed by atoms with Crippen LogP contribution in [0.2, 0.25) is 0 Å². The predicted octanol–water partition coefficient (Wildman–Crippen LogP) is 0.663. The third-order valence-electron chi connectivity index (χ3n) is 2.52. The van der Waals surface area contributed by atoms with E-state index in [1.807, 2.05) is 6.92 Å². The van der Waals surface area contributed by atoms with Gasteiger partial charge in [0, 0.05) is 0 Å². The van der Waals surface area contributed by atoms with Gasteiger partial charge in [0.25, 0.3) is 0 Å². The van der Waals surface area contributed by atoms with Gasteiger partial charge in [0.15, 0.2) is 0 Å². The molecule has 0 bridgehead atoms.